The Bertz CT molecular complexity index is 697. The molecule has 0 unspecified atom stereocenters. The van der Waals surface area contributed by atoms with E-state index in [1.54, 1.807) is 7.05 Å². The molecule has 1 amide bonds. The van der Waals surface area contributed by atoms with E-state index in [0.29, 0.717) is 12.5 Å². The van der Waals surface area contributed by atoms with Crippen LogP contribution in [0.15, 0.2) is 35.3 Å². The Hall–Kier alpha value is -2.55. The molecule has 0 aliphatic heterocycles. The molecule has 1 aromatic carbocycles. The van der Waals surface area contributed by atoms with Gasteiger partial charge in [0.1, 0.15) is 0 Å². The third-order valence-electron chi connectivity index (χ3n) is 6.15. The Morgan fingerprint density at radius 2 is 1.93 bits per heavy atom. The molecule has 6 heteroatoms. The molecule has 144 valence electrons. The van der Waals surface area contributed by atoms with E-state index in [1.165, 1.54) is 12.0 Å². The third-order valence-corrected chi connectivity index (χ3v) is 6.15. The van der Waals surface area contributed by atoms with Crippen molar-refractivity contribution < 1.29 is 4.79 Å². The molecule has 0 bridgehead atoms. The summed E-state index contributed by atoms with van der Waals surface area (Å²) in [5.41, 5.74) is 1.28. The van der Waals surface area contributed by atoms with E-state index in [2.05, 4.69) is 45.2 Å². The summed E-state index contributed by atoms with van der Waals surface area (Å²) in [5, 5.41) is 18.3. The first-order chi connectivity index (χ1) is 13.2. The Labute approximate surface area is 161 Å². The van der Waals surface area contributed by atoms with E-state index >= 15 is 0 Å². The Morgan fingerprint density at radius 3 is 2.48 bits per heavy atom. The number of aliphatic imine (C=N–C) groups is 1. The highest BCUT2D eigenvalue weighted by Crippen LogP contribution is 2.39. The first-order valence-corrected chi connectivity index (χ1v) is 9.91. The lowest BCUT2D eigenvalue weighted by Crippen LogP contribution is -2.50. The zero-order valence-corrected chi connectivity index (χ0v) is 16.0. The molecular weight excluding hydrogens is 338 g/mol. The maximum Gasteiger partial charge on any atom is 0.223 e. The Kier molecular flexibility index (Phi) is 6.33. The van der Waals surface area contributed by atoms with Crippen molar-refractivity contribution in [2.45, 2.75) is 56.4 Å². The van der Waals surface area contributed by atoms with Gasteiger partial charge < -0.3 is 16.0 Å². The zero-order chi connectivity index (χ0) is 19.1. The average molecular weight is 367 g/mol. The number of nitrogens with zero attached hydrogens (tertiary/aromatic N) is 2. The van der Waals surface area contributed by atoms with Crippen molar-refractivity contribution in [3.05, 3.63) is 35.9 Å². The summed E-state index contributed by atoms with van der Waals surface area (Å²) in [5.74, 6) is 0.958. The fourth-order valence-corrected chi connectivity index (χ4v) is 4.15. The minimum Gasteiger partial charge on any atom is -0.359 e. The molecular formula is C21H29N5O. The minimum atomic E-state index is -0.0228. The fraction of sp³-hybridized carbons (Fsp3) is 0.571. The molecule has 3 N–H and O–H groups in total. The van der Waals surface area contributed by atoms with Gasteiger partial charge in [-0.25, -0.2) is 0 Å². The summed E-state index contributed by atoms with van der Waals surface area (Å²) < 4.78 is 0. The Balaban J connectivity index is 1.66. The van der Waals surface area contributed by atoms with Crippen molar-refractivity contribution in [1.82, 2.24) is 16.0 Å². The molecule has 0 atom stereocenters. The lowest BCUT2D eigenvalue weighted by molar-refractivity contribution is -0.127. The molecule has 2 saturated carbocycles. The summed E-state index contributed by atoms with van der Waals surface area (Å²) in [4.78, 5) is 16.2. The second-order valence-corrected chi connectivity index (χ2v) is 7.72. The van der Waals surface area contributed by atoms with Crippen LogP contribution in [0.5, 0.6) is 0 Å². The molecule has 3 rings (SSSR count). The number of nitrogens with one attached hydrogen (secondary N) is 3. The predicted octanol–water partition coefficient (Wildman–Crippen LogP) is 2.43. The van der Waals surface area contributed by atoms with Crippen molar-refractivity contribution in [3.8, 4) is 6.19 Å². The van der Waals surface area contributed by atoms with Gasteiger partial charge in [-0.1, -0.05) is 36.8 Å². The monoisotopic (exact) mass is 367 g/mol. The van der Waals surface area contributed by atoms with Gasteiger partial charge in [-0.15, -0.1) is 4.99 Å². The van der Waals surface area contributed by atoms with Crippen LogP contribution in [-0.2, 0) is 10.2 Å². The molecule has 0 saturated heterocycles. The van der Waals surface area contributed by atoms with E-state index in [1.807, 2.05) is 12.3 Å². The number of guanidine groups is 1. The largest absolute Gasteiger partial charge is 0.359 e. The van der Waals surface area contributed by atoms with Crippen LogP contribution in [0.2, 0.25) is 0 Å². The second kappa shape index (κ2) is 8.90. The molecule has 0 heterocycles. The van der Waals surface area contributed by atoms with Gasteiger partial charge in [-0.05, 0) is 44.1 Å². The first-order valence-electron chi connectivity index (χ1n) is 9.91. The topological polar surface area (TPSA) is 89.3 Å². The van der Waals surface area contributed by atoms with E-state index in [0.717, 1.165) is 38.5 Å². The van der Waals surface area contributed by atoms with Gasteiger partial charge >= 0.3 is 0 Å². The van der Waals surface area contributed by atoms with Gasteiger partial charge in [0.05, 0.1) is 0 Å². The van der Waals surface area contributed by atoms with Crippen LogP contribution in [0, 0.1) is 17.4 Å². The van der Waals surface area contributed by atoms with Crippen LogP contribution >= 0.6 is 0 Å². The second-order valence-electron chi connectivity index (χ2n) is 7.72. The van der Waals surface area contributed by atoms with Gasteiger partial charge in [0.2, 0.25) is 18.1 Å². The van der Waals surface area contributed by atoms with Gasteiger partial charge in [0.15, 0.2) is 0 Å². The Morgan fingerprint density at radius 1 is 1.22 bits per heavy atom. The molecule has 0 aromatic heterocycles. The van der Waals surface area contributed by atoms with Crippen molar-refractivity contribution in [2.75, 3.05) is 13.6 Å². The van der Waals surface area contributed by atoms with E-state index in [4.69, 9.17) is 5.26 Å². The number of hydrogen-bond acceptors (Lipinski definition) is 3. The quantitative estimate of drug-likeness (QED) is 0.424. The van der Waals surface area contributed by atoms with Crippen LogP contribution < -0.4 is 16.0 Å². The number of benzene rings is 1. The van der Waals surface area contributed by atoms with Gasteiger partial charge in [-0.2, -0.15) is 5.26 Å². The zero-order valence-electron chi connectivity index (χ0n) is 16.0. The van der Waals surface area contributed by atoms with Crippen LogP contribution in [0.1, 0.15) is 50.5 Å². The lowest BCUT2D eigenvalue weighted by Gasteiger charge is -2.41. The normalized spacial score (nSPS) is 25.8. The highest BCUT2D eigenvalue weighted by Gasteiger charge is 2.38. The summed E-state index contributed by atoms with van der Waals surface area (Å²) in [6.07, 6.45) is 8.98. The summed E-state index contributed by atoms with van der Waals surface area (Å²) in [6, 6.07) is 10.8. The van der Waals surface area contributed by atoms with E-state index in [-0.39, 0.29) is 23.3 Å². The van der Waals surface area contributed by atoms with E-state index < -0.39 is 0 Å². The molecule has 2 aliphatic carbocycles. The van der Waals surface area contributed by atoms with Gasteiger partial charge in [0.25, 0.3) is 0 Å². The molecule has 6 nitrogen and oxygen atoms in total. The maximum atomic E-state index is 12.4. The molecule has 1 aromatic rings. The summed E-state index contributed by atoms with van der Waals surface area (Å²) >= 11 is 0. The van der Waals surface area contributed by atoms with Gasteiger partial charge in [-0.3, -0.25) is 4.79 Å². The number of hydrogen-bond donors (Lipinski definition) is 3. The summed E-state index contributed by atoms with van der Waals surface area (Å²) in [6.45, 7) is 0.699. The van der Waals surface area contributed by atoms with Crippen LogP contribution in [0.3, 0.4) is 0 Å². The van der Waals surface area contributed by atoms with Crippen LogP contribution in [-0.4, -0.2) is 31.5 Å². The molecule has 0 radical (unpaired) electrons. The summed E-state index contributed by atoms with van der Waals surface area (Å²) in [7, 11) is 1.76. The standard InChI is InChI=1S/C21H29N5O/c1-23-20(25-15-22)26-18-10-12-21(13-11-18,17-8-3-2-4-9-17)14-24-19(27)16-6-5-7-16/h2-4,8-9,16,18H,5-7,10-14H2,1H3,(H,24,27)(H2,23,25,26)/t18-,21-. The van der Waals surface area contributed by atoms with Crippen LogP contribution in [0.25, 0.3) is 0 Å². The van der Waals surface area contributed by atoms with Crippen molar-refractivity contribution in [3.63, 3.8) is 0 Å². The third kappa shape index (κ3) is 4.60. The van der Waals surface area contributed by atoms with Crippen molar-refractivity contribution in [2.24, 2.45) is 10.9 Å². The molecule has 2 fully saturated rings. The fourth-order valence-electron chi connectivity index (χ4n) is 4.15. The van der Waals surface area contributed by atoms with Crippen molar-refractivity contribution in [1.29, 1.82) is 5.26 Å². The smallest absolute Gasteiger partial charge is 0.223 e. The van der Waals surface area contributed by atoms with Crippen LogP contribution in [0.4, 0.5) is 0 Å². The predicted molar refractivity (Wildman–Crippen MR) is 106 cm³/mol. The number of nitriles is 1. The SMILES string of the molecule is CN/C(=N\C#N)N[C@H]1CC[C@](CNC(=O)C2CCC2)(c2ccccc2)CC1. The molecule has 2 aliphatic rings. The minimum absolute atomic E-state index is 0.0228. The first kappa shape index (κ1) is 19.2. The number of rotatable bonds is 5. The van der Waals surface area contributed by atoms with Crippen molar-refractivity contribution >= 4 is 11.9 Å². The molecule has 27 heavy (non-hydrogen) atoms. The number of carbonyl (C=O) groups is 1. The lowest BCUT2D eigenvalue weighted by atomic mass is 9.68. The number of amides is 1. The maximum absolute atomic E-state index is 12.4. The van der Waals surface area contributed by atoms with Gasteiger partial charge in [0, 0.05) is 31.0 Å². The highest BCUT2D eigenvalue weighted by atomic mass is 16.1. The van der Waals surface area contributed by atoms with E-state index in [9.17, 15) is 4.79 Å². The number of carbonyl (C=O) groups excluding carboxylic acids is 1. The average Bonchev–Trinajstić information content (AvgIpc) is 2.66. The highest BCUT2D eigenvalue weighted by molar-refractivity contribution is 5.80. The molecule has 0 spiro atoms.